The molecule has 0 aliphatic heterocycles. The van der Waals surface area contributed by atoms with Gasteiger partial charge in [-0.05, 0) is 53.6 Å². The maximum atomic E-state index is 12.7. The number of nitrogens with one attached hydrogen (secondary N) is 1. The van der Waals surface area contributed by atoms with E-state index in [1.807, 2.05) is 54.7 Å². The van der Waals surface area contributed by atoms with Gasteiger partial charge in [0.05, 0.1) is 6.54 Å². The molecule has 1 amide bonds. The van der Waals surface area contributed by atoms with Crippen molar-refractivity contribution >= 4 is 34.9 Å². The van der Waals surface area contributed by atoms with Crippen molar-refractivity contribution in [2.75, 3.05) is 5.32 Å². The molecule has 0 aliphatic carbocycles. The number of benzene rings is 3. The molecule has 0 fully saturated rings. The van der Waals surface area contributed by atoms with Crippen molar-refractivity contribution in [3.05, 3.63) is 112 Å². The van der Waals surface area contributed by atoms with Gasteiger partial charge in [-0.25, -0.2) is 0 Å². The molecule has 1 heterocycles. The number of aromatic nitrogens is 2. The fourth-order valence-electron chi connectivity index (χ4n) is 3.01. The number of nitrogens with zero attached hydrogens (tertiary/aromatic N) is 2. The fraction of sp³-hybridized carbons (Fsp3) is 0.0833. The maximum absolute atomic E-state index is 12.7. The molecule has 1 N–H and O–H groups in total. The Morgan fingerprint density at radius 3 is 2.52 bits per heavy atom. The Hall–Kier alpha value is -3.28. The Labute approximate surface area is 190 Å². The van der Waals surface area contributed by atoms with E-state index < -0.39 is 0 Å². The van der Waals surface area contributed by atoms with Crippen molar-refractivity contribution in [3.8, 4) is 5.75 Å². The number of hydrogen-bond donors (Lipinski definition) is 1. The van der Waals surface area contributed by atoms with E-state index in [1.165, 1.54) is 0 Å². The lowest BCUT2D eigenvalue weighted by molar-refractivity contribution is 0.102. The van der Waals surface area contributed by atoms with Crippen LogP contribution in [0.25, 0.3) is 0 Å². The number of rotatable bonds is 7. The highest BCUT2D eigenvalue weighted by Gasteiger charge is 2.09. The van der Waals surface area contributed by atoms with Crippen molar-refractivity contribution < 1.29 is 9.53 Å². The van der Waals surface area contributed by atoms with E-state index in [0.717, 1.165) is 11.1 Å². The Balaban J connectivity index is 1.37. The largest absolute Gasteiger partial charge is 0.489 e. The molecular weight excluding hydrogens is 433 g/mol. The zero-order valence-corrected chi connectivity index (χ0v) is 18.0. The number of carbonyl (C=O) groups excluding carboxylic acids is 1. The van der Waals surface area contributed by atoms with Crippen molar-refractivity contribution in [1.29, 1.82) is 0 Å². The average molecular weight is 452 g/mol. The van der Waals surface area contributed by atoms with Crippen LogP contribution in [-0.4, -0.2) is 15.7 Å². The molecule has 0 atom stereocenters. The summed E-state index contributed by atoms with van der Waals surface area (Å²) in [6, 6.07) is 23.8. The quantitative estimate of drug-likeness (QED) is 0.370. The molecule has 3 aromatic carbocycles. The lowest BCUT2D eigenvalue weighted by Gasteiger charge is -2.08. The van der Waals surface area contributed by atoms with Gasteiger partial charge in [0.2, 0.25) is 0 Å². The third-order valence-electron chi connectivity index (χ3n) is 4.53. The predicted octanol–water partition coefficient (Wildman–Crippen LogP) is 6.07. The maximum Gasteiger partial charge on any atom is 0.256 e. The number of ether oxygens (including phenoxy) is 1. The molecule has 7 heteroatoms. The minimum absolute atomic E-state index is 0.235. The van der Waals surface area contributed by atoms with Gasteiger partial charge in [-0.3, -0.25) is 9.48 Å². The standard InChI is InChI=1S/C24H19Cl2N3O2/c25-20-9-7-17(8-10-20)15-29-12-11-23(28-29)27-24(30)19-4-1-3-18(13-19)16-31-22-6-2-5-21(26)14-22/h1-14H,15-16H2,(H,27,28,30). The lowest BCUT2D eigenvalue weighted by atomic mass is 10.1. The highest BCUT2D eigenvalue weighted by atomic mass is 35.5. The van der Waals surface area contributed by atoms with Gasteiger partial charge in [0.15, 0.2) is 5.82 Å². The SMILES string of the molecule is O=C(Nc1ccn(Cc2ccc(Cl)cc2)n1)c1cccc(COc2cccc(Cl)c2)c1. The summed E-state index contributed by atoms with van der Waals surface area (Å²) in [6.07, 6.45) is 1.82. The third-order valence-corrected chi connectivity index (χ3v) is 5.02. The summed E-state index contributed by atoms with van der Waals surface area (Å²) in [5.41, 5.74) is 2.47. The van der Waals surface area contributed by atoms with Crippen LogP contribution < -0.4 is 10.1 Å². The number of halogens is 2. The zero-order valence-electron chi connectivity index (χ0n) is 16.5. The van der Waals surface area contributed by atoms with Gasteiger partial charge < -0.3 is 10.1 Å². The van der Waals surface area contributed by atoms with E-state index in [1.54, 1.807) is 35.0 Å². The smallest absolute Gasteiger partial charge is 0.256 e. The van der Waals surface area contributed by atoms with Crippen LogP contribution in [0, 0.1) is 0 Å². The third kappa shape index (κ3) is 5.87. The van der Waals surface area contributed by atoms with Gasteiger partial charge in [-0.2, -0.15) is 5.10 Å². The van der Waals surface area contributed by atoms with Crippen LogP contribution >= 0.6 is 23.2 Å². The number of carbonyl (C=O) groups is 1. The second-order valence-electron chi connectivity index (χ2n) is 6.93. The highest BCUT2D eigenvalue weighted by molar-refractivity contribution is 6.30. The highest BCUT2D eigenvalue weighted by Crippen LogP contribution is 2.19. The summed E-state index contributed by atoms with van der Waals surface area (Å²) in [4.78, 5) is 12.7. The van der Waals surface area contributed by atoms with Gasteiger partial charge in [0, 0.05) is 27.9 Å². The van der Waals surface area contributed by atoms with E-state index in [9.17, 15) is 4.79 Å². The number of amides is 1. The molecule has 31 heavy (non-hydrogen) atoms. The summed E-state index contributed by atoms with van der Waals surface area (Å²) in [7, 11) is 0. The Bertz CT molecular complexity index is 1190. The number of hydrogen-bond acceptors (Lipinski definition) is 3. The minimum atomic E-state index is -0.235. The molecule has 0 spiro atoms. The van der Waals surface area contributed by atoms with Gasteiger partial charge in [0.25, 0.3) is 5.91 Å². The average Bonchev–Trinajstić information content (AvgIpc) is 3.21. The molecule has 4 rings (SSSR count). The van der Waals surface area contributed by atoms with Crippen LogP contribution in [0.3, 0.4) is 0 Å². The van der Waals surface area contributed by atoms with E-state index in [0.29, 0.717) is 40.3 Å². The van der Waals surface area contributed by atoms with Crippen LogP contribution in [0.5, 0.6) is 5.75 Å². The first-order chi connectivity index (χ1) is 15.0. The first kappa shape index (κ1) is 21.0. The van der Waals surface area contributed by atoms with Crippen LogP contribution in [0.2, 0.25) is 10.0 Å². The van der Waals surface area contributed by atoms with E-state index in [-0.39, 0.29) is 5.91 Å². The van der Waals surface area contributed by atoms with Crippen molar-refractivity contribution in [2.45, 2.75) is 13.2 Å². The molecule has 0 saturated heterocycles. The summed E-state index contributed by atoms with van der Waals surface area (Å²) in [5.74, 6) is 0.925. The van der Waals surface area contributed by atoms with Crippen LogP contribution in [0.1, 0.15) is 21.5 Å². The second-order valence-corrected chi connectivity index (χ2v) is 7.80. The van der Waals surface area contributed by atoms with E-state index in [2.05, 4.69) is 10.4 Å². The Morgan fingerprint density at radius 2 is 1.71 bits per heavy atom. The van der Waals surface area contributed by atoms with Gasteiger partial charge in [0.1, 0.15) is 12.4 Å². The molecule has 4 aromatic rings. The topological polar surface area (TPSA) is 56.2 Å². The van der Waals surface area contributed by atoms with Gasteiger partial charge in [-0.15, -0.1) is 0 Å². The van der Waals surface area contributed by atoms with Crippen molar-refractivity contribution in [3.63, 3.8) is 0 Å². The molecule has 0 unspecified atom stereocenters. The Kier molecular flexibility index (Phi) is 6.55. The molecule has 0 bridgehead atoms. The molecule has 5 nitrogen and oxygen atoms in total. The Morgan fingerprint density at radius 1 is 0.903 bits per heavy atom. The zero-order chi connectivity index (χ0) is 21.6. The summed E-state index contributed by atoms with van der Waals surface area (Å²) >= 11 is 11.9. The first-order valence-corrected chi connectivity index (χ1v) is 10.4. The van der Waals surface area contributed by atoms with E-state index >= 15 is 0 Å². The molecule has 0 saturated carbocycles. The van der Waals surface area contributed by atoms with Crippen LogP contribution in [-0.2, 0) is 13.2 Å². The lowest BCUT2D eigenvalue weighted by Crippen LogP contribution is -2.13. The van der Waals surface area contributed by atoms with Crippen molar-refractivity contribution in [2.24, 2.45) is 0 Å². The molecule has 0 radical (unpaired) electrons. The van der Waals surface area contributed by atoms with Crippen LogP contribution in [0.4, 0.5) is 5.82 Å². The van der Waals surface area contributed by atoms with E-state index in [4.69, 9.17) is 27.9 Å². The van der Waals surface area contributed by atoms with Gasteiger partial charge in [-0.1, -0.05) is 53.5 Å². The second kappa shape index (κ2) is 9.69. The fourth-order valence-corrected chi connectivity index (χ4v) is 3.31. The minimum Gasteiger partial charge on any atom is -0.489 e. The molecular formula is C24H19Cl2N3O2. The molecule has 0 aliphatic rings. The summed E-state index contributed by atoms with van der Waals surface area (Å²) in [6.45, 7) is 0.917. The number of anilines is 1. The van der Waals surface area contributed by atoms with Crippen molar-refractivity contribution in [1.82, 2.24) is 9.78 Å². The summed E-state index contributed by atoms with van der Waals surface area (Å²) < 4.78 is 7.51. The molecule has 156 valence electrons. The normalized spacial score (nSPS) is 10.6. The van der Waals surface area contributed by atoms with Crippen LogP contribution in [0.15, 0.2) is 85.1 Å². The molecule has 1 aromatic heterocycles. The summed E-state index contributed by atoms with van der Waals surface area (Å²) in [5, 5.41) is 8.55. The monoisotopic (exact) mass is 451 g/mol. The van der Waals surface area contributed by atoms with Gasteiger partial charge >= 0.3 is 0 Å². The first-order valence-electron chi connectivity index (χ1n) is 9.62. The predicted molar refractivity (Wildman–Crippen MR) is 123 cm³/mol.